The fourth-order valence-electron chi connectivity index (χ4n) is 2.20. The van der Waals surface area contributed by atoms with E-state index in [1.54, 1.807) is 0 Å². The Morgan fingerprint density at radius 2 is 2.20 bits per heavy atom. The second-order valence-corrected chi connectivity index (χ2v) is 4.95. The van der Waals surface area contributed by atoms with Crippen molar-refractivity contribution in [1.29, 1.82) is 0 Å². The van der Waals surface area contributed by atoms with Gasteiger partial charge in [-0.25, -0.2) is 0 Å². The van der Waals surface area contributed by atoms with Crippen LogP contribution < -0.4 is 5.32 Å². The van der Waals surface area contributed by atoms with Crippen LogP contribution in [0.5, 0.6) is 0 Å². The van der Waals surface area contributed by atoms with Crippen LogP contribution >= 0.6 is 11.6 Å². The van der Waals surface area contributed by atoms with Crippen molar-refractivity contribution in [1.82, 2.24) is 10.2 Å². The van der Waals surface area contributed by atoms with Crippen molar-refractivity contribution in [3.05, 3.63) is 0 Å². The van der Waals surface area contributed by atoms with E-state index in [4.69, 9.17) is 11.6 Å². The predicted molar refractivity (Wildman–Crippen MR) is 61.1 cm³/mol. The van der Waals surface area contributed by atoms with Crippen molar-refractivity contribution in [2.75, 3.05) is 19.0 Å². The Morgan fingerprint density at radius 1 is 1.40 bits per heavy atom. The van der Waals surface area contributed by atoms with Gasteiger partial charge in [-0.1, -0.05) is 0 Å². The zero-order valence-corrected chi connectivity index (χ0v) is 9.80. The van der Waals surface area contributed by atoms with Gasteiger partial charge in [-0.2, -0.15) is 0 Å². The molecular weight excluding hydrogens is 212 g/mol. The number of hydrogen-bond donors (Lipinski definition) is 1. The van der Waals surface area contributed by atoms with Gasteiger partial charge in [0.2, 0.25) is 5.91 Å². The van der Waals surface area contributed by atoms with E-state index in [9.17, 15) is 4.79 Å². The third-order valence-electron chi connectivity index (χ3n) is 3.19. The fourth-order valence-corrected chi connectivity index (χ4v) is 2.34. The number of carbonyl (C=O) groups is 1. The minimum Gasteiger partial charge on any atom is -0.352 e. The Morgan fingerprint density at radius 3 is 2.87 bits per heavy atom. The third kappa shape index (κ3) is 3.35. The molecule has 3 nitrogen and oxygen atoms in total. The molecule has 1 N–H and O–H groups in total. The molecule has 1 atom stereocenters. The van der Waals surface area contributed by atoms with Crippen molar-refractivity contribution < 1.29 is 4.79 Å². The van der Waals surface area contributed by atoms with Crippen LogP contribution in [0.3, 0.4) is 0 Å². The summed E-state index contributed by atoms with van der Waals surface area (Å²) in [5.41, 5.74) is 0. The number of amides is 1. The Kier molecular flexibility index (Phi) is 3.87. The molecule has 0 aromatic carbocycles. The number of halogens is 1. The Bertz CT molecular complexity index is 231. The van der Waals surface area contributed by atoms with Gasteiger partial charge in [-0.15, -0.1) is 11.6 Å². The van der Waals surface area contributed by atoms with Gasteiger partial charge in [0.25, 0.3) is 0 Å². The maximum atomic E-state index is 11.5. The maximum absolute atomic E-state index is 11.5. The normalized spacial score (nSPS) is 26.9. The van der Waals surface area contributed by atoms with E-state index in [2.05, 4.69) is 10.2 Å². The molecule has 2 rings (SSSR count). The number of carbonyl (C=O) groups excluding carboxylic acids is 1. The monoisotopic (exact) mass is 230 g/mol. The van der Waals surface area contributed by atoms with Crippen molar-refractivity contribution in [3.63, 3.8) is 0 Å². The molecular formula is C11H19ClN2O. The van der Waals surface area contributed by atoms with Crippen LogP contribution in [0.25, 0.3) is 0 Å². The molecule has 1 saturated carbocycles. The minimum atomic E-state index is 0.165. The number of likely N-dealkylation sites (tertiary alicyclic amines) is 1. The van der Waals surface area contributed by atoms with Gasteiger partial charge in [0.15, 0.2) is 0 Å². The summed E-state index contributed by atoms with van der Waals surface area (Å²) in [6.07, 6.45) is 5.18. The Labute approximate surface area is 96.2 Å². The summed E-state index contributed by atoms with van der Waals surface area (Å²) >= 11 is 5.55. The predicted octanol–water partition coefficient (Wildman–Crippen LogP) is 1.36. The highest BCUT2D eigenvalue weighted by molar-refractivity contribution is 6.17. The largest absolute Gasteiger partial charge is 0.352 e. The van der Waals surface area contributed by atoms with Crippen LogP contribution in [0.4, 0.5) is 0 Å². The lowest BCUT2D eigenvalue weighted by molar-refractivity contribution is -0.121. The smallest absolute Gasteiger partial charge is 0.220 e. The summed E-state index contributed by atoms with van der Waals surface area (Å²) in [6.45, 7) is 2.21. The van der Waals surface area contributed by atoms with E-state index >= 15 is 0 Å². The van der Waals surface area contributed by atoms with Crippen LogP contribution in [0.15, 0.2) is 0 Å². The van der Waals surface area contributed by atoms with Crippen molar-refractivity contribution in [2.45, 2.75) is 44.2 Å². The first-order valence-corrected chi connectivity index (χ1v) is 6.42. The molecule has 0 spiro atoms. The van der Waals surface area contributed by atoms with Crippen LogP contribution in [-0.2, 0) is 4.79 Å². The molecule has 2 aliphatic rings. The van der Waals surface area contributed by atoms with Gasteiger partial charge >= 0.3 is 0 Å². The highest BCUT2D eigenvalue weighted by atomic mass is 35.5. The van der Waals surface area contributed by atoms with E-state index in [0.717, 1.165) is 32.0 Å². The Balaban J connectivity index is 1.65. The summed E-state index contributed by atoms with van der Waals surface area (Å²) in [5.74, 6) is 0.741. The number of alkyl halides is 1. The molecule has 4 heteroatoms. The fraction of sp³-hybridized carbons (Fsp3) is 0.909. The summed E-state index contributed by atoms with van der Waals surface area (Å²) in [7, 11) is 0. The first-order chi connectivity index (χ1) is 7.29. The molecule has 1 aliphatic heterocycles. The summed E-state index contributed by atoms with van der Waals surface area (Å²) < 4.78 is 0. The van der Waals surface area contributed by atoms with Crippen LogP contribution in [0.1, 0.15) is 32.1 Å². The number of nitrogens with one attached hydrogen (secondary N) is 1. The number of hydrogen-bond acceptors (Lipinski definition) is 2. The van der Waals surface area contributed by atoms with Gasteiger partial charge in [0.1, 0.15) is 0 Å². The molecule has 0 radical (unpaired) electrons. The van der Waals surface area contributed by atoms with E-state index in [-0.39, 0.29) is 5.91 Å². The van der Waals surface area contributed by atoms with Crippen LogP contribution in [0.2, 0.25) is 0 Å². The first kappa shape index (κ1) is 11.2. The van der Waals surface area contributed by atoms with E-state index in [1.165, 1.54) is 12.8 Å². The van der Waals surface area contributed by atoms with Gasteiger partial charge < -0.3 is 5.32 Å². The van der Waals surface area contributed by atoms with Gasteiger partial charge in [-0.3, -0.25) is 9.69 Å². The van der Waals surface area contributed by atoms with Gasteiger partial charge in [-0.05, 0) is 25.7 Å². The Hall–Kier alpha value is -0.280. The second-order valence-electron chi connectivity index (χ2n) is 4.57. The molecule has 0 aromatic rings. The van der Waals surface area contributed by atoms with Gasteiger partial charge in [0.05, 0.1) is 0 Å². The highest BCUT2D eigenvalue weighted by Crippen LogP contribution is 2.29. The standard InChI is InChI=1S/C11H19ClN2O/c12-6-1-2-11(15)13-9-5-7-14(8-9)10-3-4-10/h9-10H,1-8H2,(H,13,15). The van der Waals surface area contributed by atoms with E-state index < -0.39 is 0 Å². The number of rotatable bonds is 5. The topological polar surface area (TPSA) is 32.3 Å². The average Bonchev–Trinajstić information content (AvgIpc) is 2.98. The zero-order chi connectivity index (χ0) is 10.7. The van der Waals surface area contributed by atoms with E-state index in [1.807, 2.05) is 0 Å². The highest BCUT2D eigenvalue weighted by Gasteiger charge is 2.34. The van der Waals surface area contributed by atoms with E-state index in [0.29, 0.717) is 18.3 Å². The quantitative estimate of drug-likeness (QED) is 0.724. The molecule has 1 aliphatic carbocycles. The summed E-state index contributed by atoms with van der Waals surface area (Å²) in [4.78, 5) is 14.0. The molecule has 1 heterocycles. The molecule has 0 bridgehead atoms. The maximum Gasteiger partial charge on any atom is 0.220 e. The van der Waals surface area contributed by atoms with Crippen molar-refractivity contribution >= 4 is 17.5 Å². The van der Waals surface area contributed by atoms with Crippen LogP contribution in [0, 0.1) is 0 Å². The molecule has 1 saturated heterocycles. The SMILES string of the molecule is O=C(CCCCl)NC1CCN(C2CC2)C1. The lowest BCUT2D eigenvalue weighted by Gasteiger charge is -2.15. The molecule has 1 amide bonds. The summed E-state index contributed by atoms with van der Waals surface area (Å²) in [5, 5.41) is 3.09. The molecule has 0 aromatic heterocycles. The molecule has 15 heavy (non-hydrogen) atoms. The van der Waals surface area contributed by atoms with Crippen molar-refractivity contribution in [3.8, 4) is 0 Å². The second kappa shape index (κ2) is 5.17. The average molecular weight is 231 g/mol. The van der Waals surface area contributed by atoms with Crippen LogP contribution in [-0.4, -0.2) is 41.9 Å². The minimum absolute atomic E-state index is 0.165. The molecule has 2 fully saturated rings. The van der Waals surface area contributed by atoms with Gasteiger partial charge in [0, 0.05) is 37.5 Å². The third-order valence-corrected chi connectivity index (χ3v) is 3.45. The molecule has 1 unspecified atom stereocenters. The first-order valence-electron chi connectivity index (χ1n) is 5.89. The summed E-state index contributed by atoms with van der Waals surface area (Å²) in [6, 6.07) is 1.21. The number of nitrogens with zero attached hydrogens (tertiary/aromatic N) is 1. The lowest BCUT2D eigenvalue weighted by Crippen LogP contribution is -2.37. The zero-order valence-electron chi connectivity index (χ0n) is 9.04. The van der Waals surface area contributed by atoms with Crippen molar-refractivity contribution in [2.24, 2.45) is 0 Å². The molecule has 86 valence electrons. The lowest BCUT2D eigenvalue weighted by atomic mass is 10.2.